The molecule has 0 unspecified atom stereocenters. The Labute approximate surface area is 94.0 Å². The summed E-state index contributed by atoms with van der Waals surface area (Å²) in [4.78, 5) is 23.0. The van der Waals surface area contributed by atoms with Gasteiger partial charge in [0.1, 0.15) is 6.10 Å². The molecule has 1 saturated heterocycles. The highest BCUT2D eigenvalue weighted by Crippen LogP contribution is 2.39. The van der Waals surface area contributed by atoms with Crippen molar-refractivity contribution in [2.24, 2.45) is 5.92 Å². The summed E-state index contributed by atoms with van der Waals surface area (Å²) < 4.78 is 15.7. The Balaban J connectivity index is 2.00. The minimum absolute atomic E-state index is 0.0408. The van der Waals surface area contributed by atoms with Crippen LogP contribution in [-0.2, 0) is 23.8 Å². The smallest absolute Gasteiger partial charge is 0.306 e. The van der Waals surface area contributed by atoms with Crippen LogP contribution in [0.3, 0.4) is 0 Å². The van der Waals surface area contributed by atoms with E-state index >= 15 is 0 Å². The summed E-state index contributed by atoms with van der Waals surface area (Å²) in [7, 11) is 1.32. The lowest BCUT2D eigenvalue weighted by Crippen LogP contribution is -2.28. The minimum Gasteiger partial charge on any atom is -0.469 e. The van der Waals surface area contributed by atoms with Crippen molar-refractivity contribution in [1.29, 1.82) is 0 Å². The number of carbonyl (C=O) groups excluding carboxylic acids is 2. The molecule has 5 heteroatoms. The first-order valence-electron chi connectivity index (χ1n) is 5.39. The quantitative estimate of drug-likeness (QED) is 0.650. The summed E-state index contributed by atoms with van der Waals surface area (Å²) in [6.45, 7) is 3.57. The van der Waals surface area contributed by atoms with Gasteiger partial charge in [-0.25, -0.2) is 0 Å². The fraction of sp³-hybridized carbons (Fsp3) is 0.818. The lowest BCUT2D eigenvalue weighted by molar-refractivity contribution is -0.164. The summed E-state index contributed by atoms with van der Waals surface area (Å²) in [5.74, 6) is -1.42. The van der Waals surface area contributed by atoms with E-state index in [0.29, 0.717) is 6.42 Å². The van der Waals surface area contributed by atoms with Crippen molar-refractivity contribution in [3.8, 4) is 0 Å². The number of carbonyl (C=O) groups is 2. The molecule has 0 aromatic heterocycles. The highest BCUT2D eigenvalue weighted by atomic mass is 16.8. The van der Waals surface area contributed by atoms with Gasteiger partial charge in [0.2, 0.25) is 0 Å². The highest BCUT2D eigenvalue weighted by Gasteiger charge is 2.53. The Morgan fingerprint density at radius 3 is 2.75 bits per heavy atom. The first-order valence-corrected chi connectivity index (χ1v) is 5.39. The normalized spacial score (nSPS) is 36.2. The first-order chi connectivity index (χ1) is 7.43. The van der Waals surface area contributed by atoms with E-state index in [0.717, 1.165) is 0 Å². The molecule has 0 N–H and O–H groups in total. The SMILES string of the molecule is COC(=O)C[C@H]1C[C@@H]2OC(C)(C)O[C@@H]2C1=O. The van der Waals surface area contributed by atoms with Crippen LogP contribution in [0, 0.1) is 5.92 Å². The molecule has 1 saturated carbocycles. The Bertz CT molecular complexity index is 322. The van der Waals surface area contributed by atoms with Gasteiger partial charge in [0, 0.05) is 5.92 Å². The van der Waals surface area contributed by atoms with Crippen molar-refractivity contribution in [1.82, 2.24) is 0 Å². The second-order valence-corrected chi connectivity index (χ2v) is 4.71. The third-order valence-electron chi connectivity index (χ3n) is 3.02. The van der Waals surface area contributed by atoms with Crippen LogP contribution in [-0.4, -0.2) is 36.9 Å². The molecule has 90 valence electrons. The van der Waals surface area contributed by atoms with Crippen molar-refractivity contribution in [2.75, 3.05) is 7.11 Å². The largest absolute Gasteiger partial charge is 0.469 e. The van der Waals surface area contributed by atoms with Crippen molar-refractivity contribution in [2.45, 2.75) is 44.7 Å². The zero-order chi connectivity index (χ0) is 11.9. The summed E-state index contributed by atoms with van der Waals surface area (Å²) >= 11 is 0. The van der Waals surface area contributed by atoms with E-state index in [4.69, 9.17) is 9.47 Å². The third-order valence-corrected chi connectivity index (χ3v) is 3.02. The van der Waals surface area contributed by atoms with Crippen LogP contribution in [0.15, 0.2) is 0 Å². The van der Waals surface area contributed by atoms with Gasteiger partial charge in [-0.2, -0.15) is 0 Å². The average molecular weight is 228 g/mol. The molecule has 1 aliphatic heterocycles. The molecule has 2 fully saturated rings. The molecular formula is C11H16O5. The summed E-state index contributed by atoms with van der Waals surface area (Å²) in [6.07, 6.45) is -0.0563. The highest BCUT2D eigenvalue weighted by molar-refractivity contribution is 5.91. The third kappa shape index (κ3) is 1.97. The molecule has 0 bridgehead atoms. The van der Waals surface area contributed by atoms with Gasteiger partial charge in [-0.3, -0.25) is 9.59 Å². The van der Waals surface area contributed by atoms with E-state index in [2.05, 4.69) is 4.74 Å². The van der Waals surface area contributed by atoms with Gasteiger partial charge < -0.3 is 14.2 Å². The lowest BCUT2D eigenvalue weighted by Gasteiger charge is -2.19. The van der Waals surface area contributed by atoms with Crippen molar-refractivity contribution >= 4 is 11.8 Å². The average Bonchev–Trinajstić information content (AvgIpc) is 2.63. The van der Waals surface area contributed by atoms with Gasteiger partial charge in [0.15, 0.2) is 11.6 Å². The predicted molar refractivity (Wildman–Crippen MR) is 53.6 cm³/mol. The number of hydrogen-bond donors (Lipinski definition) is 0. The van der Waals surface area contributed by atoms with E-state index in [1.54, 1.807) is 13.8 Å². The van der Waals surface area contributed by atoms with Gasteiger partial charge in [-0.15, -0.1) is 0 Å². The zero-order valence-electron chi connectivity index (χ0n) is 9.69. The molecule has 0 radical (unpaired) electrons. The molecule has 0 aromatic carbocycles. The van der Waals surface area contributed by atoms with E-state index in [1.165, 1.54) is 7.11 Å². The molecule has 2 rings (SSSR count). The maximum absolute atomic E-state index is 11.9. The first kappa shape index (κ1) is 11.5. The van der Waals surface area contributed by atoms with Gasteiger partial charge in [-0.05, 0) is 20.3 Å². The van der Waals surface area contributed by atoms with Gasteiger partial charge in [0.25, 0.3) is 0 Å². The fourth-order valence-corrected chi connectivity index (χ4v) is 2.35. The molecular weight excluding hydrogens is 212 g/mol. The van der Waals surface area contributed by atoms with Crippen molar-refractivity contribution in [3.05, 3.63) is 0 Å². The molecule has 2 aliphatic rings. The second kappa shape index (κ2) is 3.82. The van der Waals surface area contributed by atoms with Crippen LogP contribution in [0.25, 0.3) is 0 Å². The van der Waals surface area contributed by atoms with Gasteiger partial charge in [-0.1, -0.05) is 0 Å². The lowest BCUT2D eigenvalue weighted by atomic mass is 10.0. The van der Waals surface area contributed by atoms with Crippen molar-refractivity contribution < 1.29 is 23.8 Å². The van der Waals surface area contributed by atoms with E-state index in [-0.39, 0.29) is 30.2 Å². The Morgan fingerprint density at radius 1 is 1.50 bits per heavy atom. The number of esters is 1. The number of fused-ring (bicyclic) bond motifs is 1. The van der Waals surface area contributed by atoms with Crippen molar-refractivity contribution in [3.63, 3.8) is 0 Å². The van der Waals surface area contributed by atoms with Crippen LogP contribution in [0.1, 0.15) is 26.7 Å². The minimum atomic E-state index is -0.693. The van der Waals surface area contributed by atoms with E-state index in [1.807, 2.05) is 0 Å². The number of Topliss-reactive ketones (excluding diaryl/α,β-unsaturated/α-hetero) is 1. The number of ether oxygens (including phenoxy) is 3. The van der Waals surface area contributed by atoms with E-state index in [9.17, 15) is 9.59 Å². The standard InChI is InChI=1S/C11H16O5/c1-11(2)15-7-4-6(5-8(12)14-3)9(13)10(7)16-11/h6-7,10H,4-5H2,1-3H3/t6-,7+,10+/m1/s1. The Hall–Kier alpha value is -0.940. The van der Waals surface area contributed by atoms with Gasteiger partial charge in [0.05, 0.1) is 19.6 Å². The molecule has 0 aromatic rings. The maximum atomic E-state index is 11.9. The second-order valence-electron chi connectivity index (χ2n) is 4.71. The van der Waals surface area contributed by atoms with Crippen LogP contribution in [0.4, 0.5) is 0 Å². The number of methoxy groups -OCH3 is 1. The summed E-state index contributed by atoms with van der Waals surface area (Å²) in [5, 5.41) is 0. The number of hydrogen-bond acceptors (Lipinski definition) is 5. The molecule has 0 spiro atoms. The summed E-state index contributed by atoms with van der Waals surface area (Å²) in [6, 6.07) is 0. The monoisotopic (exact) mass is 228 g/mol. The molecule has 3 atom stereocenters. The summed E-state index contributed by atoms with van der Waals surface area (Å²) in [5.41, 5.74) is 0. The van der Waals surface area contributed by atoms with Crippen LogP contribution in [0.5, 0.6) is 0 Å². The fourth-order valence-electron chi connectivity index (χ4n) is 2.35. The van der Waals surface area contributed by atoms with Crippen LogP contribution >= 0.6 is 0 Å². The van der Waals surface area contributed by atoms with Gasteiger partial charge >= 0.3 is 5.97 Å². The maximum Gasteiger partial charge on any atom is 0.306 e. The molecule has 16 heavy (non-hydrogen) atoms. The molecule has 1 heterocycles. The molecule has 5 nitrogen and oxygen atoms in total. The topological polar surface area (TPSA) is 61.8 Å². The zero-order valence-corrected chi connectivity index (χ0v) is 9.69. The molecule has 1 aliphatic carbocycles. The van der Waals surface area contributed by atoms with Crippen LogP contribution in [0.2, 0.25) is 0 Å². The Kier molecular flexibility index (Phi) is 2.75. The Morgan fingerprint density at radius 2 is 2.19 bits per heavy atom. The van der Waals surface area contributed by atoms with Crippen LogP contribution < -0.4 is 0 Å². The number of ketones is 1. The molecule has 0 amide bonds. The predicted octanol–water partition coefficient (Wildman–Crippen LogP) is 0.659. The number of rotatable bonds is 2. The van der Waals surface area contributed by atoms with E-state index < -0.39 is 11.9 Å².